The average Bonchev–Trinajstić information content (AvgIpc) is 2.82. The van der Waals surface area contributed by atoms with Crippen LogP contribution in [0.1, 0.15) is 27.3 Å². The third-order valence-corrected chi connectivity index (χ3v) is 3.60. The molecule has 0 bridgehead atoms. The highest BCUT2D eigenvalue weighted by Gasteiger charge is 2.15. The van der Waals surface area contributed by atoms with E-state index in [4.69, 9.17) is 0 Å². The van der Waals surface area contributed by atoms with Crippen molar-refractivity contribution in [1.29, 1.82) is 0 Å². The minimum Gasteiger partial charge on any atom is -0.478 e. The second-order valence-corrected chi connectivity index (χ2v) is 5.32. The Morgan fingerprint density at radius 1 is 1.14 bits per heavy atom. The molecule has 0 aliphatic rings. The predicted molar refractivity (Wildman–Crippen MR) is 83.9 cm³/mol. The molecule has 3 aromatic rings. The van der Waals surface area contributed by atoms with Gasteiger partial charge >= 0.3 is 5.97 Å². The van der Waals surface area contributed by atoms with Crippen molar-refractivity contribution in [1.82, 2.24) is 14.6 Å². The molecule has 6 heteroatoms. The van der Waals surface area contributed by atoms with Crippen LogP contribution in [-0.4, -0.2) is 25.7 Å². The number of hydrogen-bond donors (Lipinski definition) is 2. The number of carboxylic acids is 1. The van der Waals surface area contributed by atoms with Crippen molar-refractivity contribution in [3.63, 3.8) is 0 Å². The molecule has 0 saturated heterocycles. The van der Waals surface area contributed by atoms with Crippen molar-refractivity contribution < 1.29 is 9.90 Å². The third-order valence-electron chi connectivity index (χ3n) is 3.60. The zero-order valence-electron chi connectivity index (χ0n) is 12.6. The maximum absolute atomic E-state index is 11.5. The second-order valence-electron chi connectivity index (χ2n) is 5.32. The average molecular weight is 296 g/mol. The van der Waals surface area contributed by atoms with E-state index in [1.54, 1.807) is 23.6 Å². The van der Waals surface area contributed by atoms with Crippen molar-refractivity contribution in [2.75, 3.05) is 5.32 Å². The molecule has 0 aliphatic heterocycles. The van der Waals surface area contributed by atoms with Crippen LogP contribution in [0.5, 0.6) is 0 Å². The van der Waals surface area contributed by atoms with Crippen LogP contribution >= 0.6 is 0 Å². The first-order valence-corrected chi connectivity index (χ1v) is 6.88. The number of aromatic carboxylic acids is 1. The van der Waals surface area contributed by atoms with E-state index < -0.39 is 5.97 Å². The lowest BCUT2D eigenvalue weighted by atomic mass is 10.1. The highest BCUT2D eigenvalue weighted by molar-refractivity contribution is 5.95. The monoisotopic (exact) mass is 296 g/mol. The largest absolute Gasteiger partial charge is 0.478 e. The number of nitrogens with zero attached hydrogens (tertiary/aromatic N) is 3. The van der Waals surface area contributed by atoms with Crippen LogP contribution in [0.4, 0.5) is 11.4 Å². The summed E-state index contributed by atoms with van der Waals surface area (Å²) in [6.45, 7) is 5.78. The van der Waals surface area contributed by atoms with Crippen LogP contribution in [-0.2, 0) is 0 Å². The normalized spacial score (nSPS) is 10.9. The van der Waals surface area contributed by atoms with E-state index in [-0.39, 0.29) is 5.56 Å². The summed E-state index contributed by atoms with van der Waals surface area (Å²) in [5, 5.41) is 20.6. The highest BCUT2D eigenvalue weighted by Crippen LogP contribution is 2.25. The zero-order chi connectivity index (χ0) is 15.9. The van der Waals surface area contributed by atoms with Crippen molar-refractivity contribution in [2.24, 2.45) is 0 Å². The molecule has 0 unspecified atom stereocenters. The van der Waals surface area contributed by atoms with Crippen molar-refractivity contribution >= 4 is 23.0 Å². The SMILES string of the molecule is Cc1ccc(Nc2cc3nnc(C)n3cc2C(=O)O)c(C)c1. The lowest BCUT2D eigenvalue weighted by molar-refractivity contribution is 0.0697. The molecule has 0 fully saturated rings. The first-order valence-electron chi connectivity index (χ1n) is 6.88. The van der Waals surface area contributed by atoms with Crippen LogP contribution in [0, 0.1) is 20.8 Å². The number of fused-ring (bicyclic) bond motifs is 1. The Morgan fingerprint density at radius 3 is 2.59 bits per heavy atom. The van der Waals surface area contributed by atoms with Gasteiger partial charge in [0.2, 0.25) is 0 Å². The van der Waals surface area contributed by atoms with E-state index in [1.807, 2.05) is 32.0 Å². The van der Waals surface area contributed by atoms with Crippen LogP contribution in [0.25, 0.3) is 5.65 Å². The smallest absolute Gasteiger partial charge is 0.339 e. The maximum atomic E-state index is 11.5. The van der Waals surface area contributed by atoms with Gasteiger partial charge in [0.15, 0.2) is 5.65 Å². The van der Waals surface area contributed by atoms with Crippen LogP contribution in [0.3, 0.4) is 0 Å². The summed E-state index contributed by atoms with van der Waals surface area (Å²) < 4.78 is 1.66. The quantitative estimate of drug-likeness (QED) is 0.776. The van der Waals surface area contributed by atoms with E-state index in [2.05, 4.69) is 15.5 Å². The lowest BCUT2D eigenvalue weighted by Crippen LogP contribution is -2.06. The summed E-state index contributed by atoms with van der Waals surface area (Å²) >= 11 is 0. The number of carboxylic acid groups (broad SMARTS) is 1. The van der Waals surface area contributed by atoms with Crippen molar-refractivity contribution in [2.45, 2.75) is 20.8 Å². The third kappa shape index (κ3) is 2.39. The van der Waals surface area contributed by atoms with Gasteiger partial charge in [-0.2, -0.15) is 0 Å². The molecule has 2 aromatic heterocycles. The fraction of sp³-hybridized carbons (Fsp3) is 0.188. The number of benzene rings is 1. The topological polar surface area (TPSA) is 79.5 Å². The second kappa shape index (κ2) is 5.14. The van der Waals surface area contributed by atoms with Gasteiger partial charge in [0.05, 0.1) is 11.3 Å². The van der Waals surface area contributed by atoms with Gasteiger partial charge in [0.1, 0.15) is 5.82 Å². The van der Waals surface area contributed by atoms with E-state index in [1.165, 1.54) is 0 Å². The van der Waals surface area contributed by atoms with Gasteiger partial charge in [0, 0.05) is 18.0 Å². The van der Waals surface area contributed by atoms with Gasteiger partial charge in [-0.1, -0.05) is 17.7 Å². The summed E-state index contributed by atoms with van der Waals surface area (Å²) in [6, 6.07) is 7.66. The van der Waals surface area contributed by atoms with E-state index >= 15 is 0 Å². The molecule has 112 valence electrons. The maximum Gasteiger partial charge on any atom is 0.339 e. The van der Waals surface area contributed by atoms with Crippen LogP contribution in [0.15, 0.2) is 30.5 Å². The Morgan fingerprint density at radius 2 is 1.91 bits per heavy atom. The number of aromatic nitrogens is 3. The summed E-state index contributed by atoms with van der Waals surface area (Å²) in [7, 11) is 0. The lowest BCUT2D eigenvalue weighted by Gasteiger charge is -2.13. The number of rotatable bonds is 3. The van der Waals surface area contributed by atoms with Gasteiger partial charge in [-0.15, -0.1) is 10.2 Å². The van der Waals surface area contributed by atoms with Gasteiger partial charge < -0.3 is 10.4 Å². The van der Waals surface area contributed by atoms with E-state index in [9.17, 15) is 9.90 Å². The molecule has 2 N–H and O–H groups in total. The molecule has 0 amide bonds. The molecule has 2 heterocycles. The van der Waals surface area contributed by atoms with Crippen molar-refractivity contribution in [3.05, 3.63) is 53.0 Å². The Kier molecular flexibility index (Phi) is 3.29. The first-order chi connectivity index (χ1) is 10.5. The van der Waals surface area contributed by atoms with Gasteiger partial charge in [-0.05, 0) is 32.4 Å². The molecule has 1 aromatic carbocycles. The molecule has 6 nitrogen and oxygen atoms in total. The fourth-order valence-corrected chi connectivity index (χ4v) is 2.42. The fourth-order valence-electron chi connectivity index (χ4n) is 2.42. The molecular formula is C16H16N4O2. The zero-order valence-corrected chi connectivity index (χ0v) is 12.6. The highest BCUT2D eigenvalue weighted by atomic mass is 16.4. The Labute approximate surface area is 127 Å². The van der Waals surface area contributed by atoms with E-state index in [0.717, 1.165) is 16.8 Å². The minimum atomic E-state index is -0.998. The molecular weight excluding hydrogens is 280 g/mol. The van der Waals surface area contributed by atoms with Gasteiger partial charge in [-0.25, -0.2) is 4.79 Å². The number of anilines is 2. The molecule has 0 atom stereocenters. The molecule has 0 radical (unpaired) electrons. The number of aryl methyl sites for hydroxylation is 3. The minimum absolute atomic E-state index is 0.176. The van der Waals surface area contributed by atoms with Crippen LogP contribution < -0.4 is 5.32 Å². The number of pyridine rings is 1. The number of carbonyl (C=O) groups is 1. The Hall–Kier alpha value is -2.89. The molecule has 3 rings (SSSR count). The first kappa shape index (κ1) is 14.1. The van der Waals surface area contributed by atoms with Crippen LogP contribution in [0.2, 0.25) is 0 Å². The summed E-state index contributed by atoms with van der Waals surface area (Å²) in [5.41, 5.74) is 4.36. The Balaban J connectivity index is 2.12. The Bertz CT molecular complexity index is 883. The molecule has 0 aliphatic carbocycles. The predicted octanol–water partition coefficient (Wildman–Crippen LogP) is 3.10. The number of hydrogen-bond acceptors (Lipinski definition) is 4. The summed E-state index contributed by atoms with van der Waals surface area (Å²) in [5.74, 6) is -0.349. The standard InChI is InChI=1S/C16H16N4O2/c1-9-4-5-13(10(2)6-9)17-14-7-15-19-18-11(3)20(15)8-12(14)16(21)22/h4-8,17H,1-3H3,(H,21,22). The molecule has 22 heavy (non-hydrogen) atoms. The molecule has 0 saturated carbocycles. The summed E-state index contributed by atoms with van der Waals surface area (Å²) in [6.07, 6.45) is 1.54. The molecule has 0 spiro atoms. The van der Waals surface area contributed by atoms with Gasteiger partial charge in [-0.3, -0.25) is 4.40 Å². The number of nitrogens with one attached hydrogen (secondary N) is 1. The van der Waals surface area contributed by atoms with E-state index in [0.29, 0.717) is 17.2 Å². The summed E-state index contributed by atoms with van der Waals surface area (Å²) in [4.78, 5) is 11.5. The van der Waals surface area contributed by atoms with Crippen molar-refractivity contribution in [3.8, 4) is 0 Å². The van der Waals surface area contributed by atoms with Gasteiger partial charge in [0.25, 0.3) is 0 Å².